The number of hydrogen-bond acceptors (Lipinski definition) is 5. The van der Waals surface area contributed by atoms with Crippen molar-refractivity contribution in [3.05, 3.63) is 37.3 Å². The molecule has 0 aromatic carbocycles. The van der Waals surface area contributed by atoms with E-state index in [0.717, 1.165) is 31.9 Å². The number of piperidine rings is 1. The van der Waals surface area contributed by atoms with Gasteiger partial charge in [0.15, 0.2) is 5.11 Å². The Labute approximate surface area is 160 Å². The van der Waals surface area contributed by atoms with E-state index < -0.39 is 0 Å². The molecule has 0 spiro atoms. The van der Waals surface area contributed by atoms with Gasteiger partial charge in [0.2, 0.25) is 5.91 Å². The lowest BCUT2D eigenvalue weighted by atomic mass is 10.0. The number of hydrazone groups is 1. The Balaban J connectivity index is 2.07. The number of likely N-dealkylation sites (tertiary alicyclic amines) is 1. The number of aliphatic imine (C=N–C) groups is 1. The Morgan fingerprint density at radius 3 is 2.54 bits per heavy atom. The van der Waals surface area contributed by atoms with Crippen LogP contribution >= 0.6 is 12.2 Å². The summed E-state index contributed by atoms with van der Waals surface area (Å²) < 4.78 is 0. The van der Waals surface area contributed by atoms with Crippen molar-refractivity contribution in [1.82, 2.24) is 20.1 Å². The lowest BCUT2D eigenvalue weighted by molar-refractivity contribution is -0.126. The maximum Gasteiger partial charge on any atom is 0.223 e. The molecule has 0 aromatic heterocycles. The quantitative estimate of drug-likeness (QED) is 0.602. The minimum atomic E-state index is -0.0502. The second-order valence-electron chi connectivity index (χ2n) is 6.01. The third-order valence-corrected chi connectivity index (χ3v) is 4.67. The fourth-order valence-electron chi connectivity index (χ4n) is 2.81. The number of hydrogen-bond donors (Lipinski definition) is 1. The summed E-state index contributed by atoms with van der Waals surface area (Å²) in [5.41, 5.74) is 4.90. The highest BCUT2D eigenvalue weighted by atomic mass is 32.1. The first kappa shape index (κ1) is 19.8. The normalized spacial score (nSPS) is 21.6. The van der Waals surface area contributed by atoms with Crippen LogP contribution in [0.3, 0.4) is 0 Å². The standard InChI is InChI=1S/C18H26N6OS/c1-5-8-19-17-14(3)24(15(4)25)9-7-16(17)20-21-18(26)23-12-10-22(6-2)11-13-23/h5-6,8H,2-3,7,9-13H2,1,4H3,(H,21,26)/b8-5-,19-17+,20-16-. The lowest BCUT2D eigenvalue weighted by Crippen LogP contribution is -2.49. The van der Waals surface area contributed by atoms with Crippen LogP contribution in [0.2, 0.25) is 0 Å². The topological polar surface area (TPSA) is 63.5 Å². The molecular weight excluding hydrogens is 348 g/mol. The molecule has 2 aliphatic heterocycles. The van der Waals surface area contributed by atoms with Crippen molar-refractivity contribution in [2.24, 2.45) is 10.1 Å². The van der Waals surface area contributed by atoms with E-state index in [1.807, 2.05) is 19.2 Å². The summed E-state index contributed by atoms with van der Waals surface area (Å²) >= 11 is 5.46. The average molecular weight is 375 g/mol. The second-order valence-corrected chi connectivity index (χ2v) is 6.40. The minimum absolute atomic E-state index is 0.0502. The van der Waals surface area contributed by atoms with Crippen LogP contribution in [0.1, 0.15) is 20.3 Å². The molecule has 0 aliphatic carbocycles. The molecule has 0 atom stereocenters. The summed E-state index contributed by atoms with van der Waals surface area (Å²) in [4.78, 5) is 22.0. The summed E-state index contributed by atoms with van der Waals surface area (Å²) in [5.74, 6) is -0.0502. The van der Waals surface area contributed by atoms with Crippen LogP contribution in [-0.4, -0.2) is 69.9 Å². The molecule has 1 N–H and O–H groups in total. The number of carbonyl (C=O) groups excluding carboxylic acids is 1. The van der Waals surface area contributed by atoms with Gasteiger partial charge in [0, 0.05) is 52.3 Å². The maximum atomic E-state index is 11.8. The van der Waals surface area contributed by atoms with E-state index in [0.29, 0.717) is 29.5 Å². The van der Waals surface area contributed by atoms with E-state index in [9.17, 15) is 4.79 Å². The smallest absolute Gasteiger partial charge is 0.223 e. The highest BCUT2D eigenvalue weighted by Gasteiger charge is 2.27. The summed E-state index contributed by atoms with van der Waals surface area (Å²) in [6.45, 7) is 15.2. The first-order valence-electron chi connectivity index (χ1n) is 8.62. The second kappa shape index (κ2) is 9.28. The number of amides is 1. The van der Waals surface area contributed by atoms with Crippen LogP contribution in [-0.2, 0) is 4.79 Å². The Morgan fingerprint density at radius 1 is 1.27 bits per heavy atom. The van der Waals surface area contributed by atoms with Gasteiger partial charge in [-0.05, 0) is 25.3 Å². The van der Waals surface area contributed by atoms with E-state index in [1.54, 1.807) is 11.1 Å². The summed E-state index contributed by atoms with van der Waals surface area (Å²) in [5, 5.41) is 5.05. The average Bonchev–Trinajstić information content (AvgIpc) is 2.65. The van der Waals surface area contributed by atoms with Crippen LogP contribution < -0.4 is 5.43 Å². The number of nitrogens with zero attached hydrogens (tertiary/aromatic N) is 5. The first-order valence-corrected chi connectivity index (χ1v) is 9.03. The molecule has 140 valence electrons. The van der Waals surface area contributed by atoms with Gasteiger partial charge in [-0.25, -0.2) is 0 Å². The predicted molar refractivity (Wildman–Crippen MR) is 110 cm³/mol. The molecule has 8 heteroatoms. The van der Waals surface area contributed by atoms with Crippen LogP contribution in [0.4, 0.5) is 0 Å². The van der Waals surface area contributed by atoms with Gasteiger partial charge >= 0.3 is 0 Å². The molecule has 2 saturated heterocycles. The fraction of sp³-hybridized carbons (Fsp3) is 0.444. The zero-order chi connectivity index (χ0) is 19.1. The van der Waals surface area contributed by atoms with Gasteiger partial charge in [-0.2, -0.15) is 5.10 Å². The zero-order valence-electron chi connectivity index (χ0n) is 15.4. The van der Waals surface area contributed by atoms with Crippen LogP contribution in [0, 0.1) is 0 Å². The first-order chi connectivity index (χ1) is 12.5. The molecule has 2 fully saturated rings. The van der Waals surface area contributed by atoms with Gasteiger partial charge in [-0.3, -0.25) is 15.2 Å². The monoisotopic (exact) mass is 374 g/mol. The van der Waals surface area contributed by atoms with E-state index in [2.05, 4.69) is 38.5 Å². The molecular formula is C18H26N6OS. The van der Waals surface area contributed by atoms with Crippen LogP contribution in [0.15, 0.2) is 47.4 Å². The molecule has 0 radical (unpaired) electrons. The molecule has 26 heavy (non-hydrogen) atoms. The van der Waals surface area contributed by atoms with Crippen molar-refractivity contribution >= 4 is 34.7 Å². The van der Waals surface area contributed by atoms with Gasteiger partial charge in [-0.1, -0.05) is 19.2 Å². The highest BCUT2D eigenvalue weighted by Crippen LogP contribution is 2.16. The Kier molecular flexibility index (Phi) is 7.08. The summed E-state index contributed by atoms with van der Waals surface area (Å²) in [6.07, 6.45) is 5.94. The third kappa shape index (κ3) is 4.78. The highest BCUT2D eigenvalue weighted by molar-refractivity contribution is 7.80. The van der Waals surface area contributed by atoms with Crippen molar-refractivity contribution in [3.63, 3.8) is 0 Å². The van der Waals surface area contributed by atoms with Crippen molar-refractivity contribution in [3.8, 4) is 0 Å². The van der Waals surface area contributed by atoms with E-state index in [-0.39, 0.29) is 5.91 Å². The molecule has 1 amide bonds. The lowest BCUT2D eigenvalue weighted by Gasteiger charge is -2.35. The molecule has 0 unspecified atom stereocenters. The van der Waals surface area contributed by atoms with Gasteiger partial charge in [0.05, 0.1) is 11.4 Å². The van der Waals surface area contributed by atoms with Crippen molar-refractivity contribution in [2.45, 2.75) is 20.3 Å². The van der Waals surface area contributed by atoms with Gasteiger partial charge in [0.1, 0.15) is 5.71 Å². The predicted octanol–water partition coefficient (Wildman–Crippen LogP) is 1.72. The molecule has 2 aliphatic rings. The largest absolute Gasteiger partial charge is 0.374 e. The van der Waals surface area contributed by atoms with Crippen LogP contribution in [0.25, 0.3) is 0 Å². The fourth-order valence-corrected chi connectivity index (χ4v) is 3.04. The molecule has 2 rings (SSSR count). The van der Waals surface area contributed by atoms with Crippen LogP contribution in [0.5, 0.6) is 0 Å². The molecule has 0 bridgehead atoms. The zero-order valence-corrected chi connectivity index (χ0v) is 16.3. The van der Waals surface area contributed by atoms with Crippen molar-refractivity contribution in [2.75, 3.05) is 32.7 Å². The molecule has 0 aromatic rings. The van der Waals surface area contributed by atoms with Crippen molar-refractivity contribution in [1.29, 1.82) is 0 Å². The van der Waals surface area contributed by atoms with Crippen molar-refractivity contribution < 1.29 is 4.79 Å². The Morgan fingerprint density at radius 2 is 1.96 bits per heavy atom. The van der Waals surface area contributed by atoms with E-state index in [4.69, 9.17) is 12.2 Å². The molecule has 2 heterocycles. The summed E-state index contributed by atoms with van der Waals surface area (Å²) in [7, 11) is 0. The Bertz CT molecular complexity index is 673. The number of carbonyl (C=O) groups is 1. The van der Waals surface area contributed by atoms with Gasteiger partial charge in [-0.15, -0.1) is 0 Å². The van der Waals surface area contributed by atoms with Gasteiger partial charge < -0.3 is 14.7 Å². The number of nitrogens with one attached hydrogen (secondary N) is 1. The summed E-state index contributed by atoms with van der Waals surface area (Å²) in [6, 6.07) is 0. The SMILES string of the molecule is C=CN1CCN(C(=S)N/N=C2/CCN(C(C)=O)C(=C)/C2=N\C=C/C)CC1. The molecule has 0 saturated carbocycles. The third-order valence-electron chi connectivity index (χ3n) is 4.32. The minimum Gasteiger partial charge on any atom is -0.374 e. The van der Waals surface area contributed by atoms with E-state index in [1.165, 1.54) is 6.92 Å². The number of thiocarbonyl (C=S) groups is 1. The molecule has 7 nitrogen and oxygen atoms in total. The number of rotatable bonds is 3. The van der Waals surface area contributed by atoms with Gasteiger partial charge in [0.25, 0.3) is 0 Å². The van der Waals surface area contributed by atoms with E-state index >= 15 is 0 Å². The Hall–Kier alpha value is -2.48. The number of piperazine rings is 1. The number of allylic oxidation sites excluding steroid dienone is 2. The maximum absolute atomic E-state index is 11.8.